The van der Waals surface area contributed by atoms with Gasteiger partial charge in [0.2, 0.25) is 0 Å². The van der Waals surface area contributed by atoms with Crippen LogP contribution in [0.3, 0.4) is 0 Å². The highest BCUT2D eigenvalue weighted by Crippen LogP contribution is 2.36. The van der Waals surface area contributed by atoms with Crippen LogP contribution in [-0.2, 0) is 4.74 Å². The van der Waals surface area contributed by atoms with Gasteiger partial charge in [-0.15, -0.1) is 0 Å². The Bertz CT molecular complexity index is 864. The summed E-state index contributed by atoms with van der Waals surface area (Å²) >= 11 is 0. The van der Waals surface area contributed by atoms with Gasteiger partial charge >= 0.3 is 6.18 Å². The molecule has 0 bridgehead atoms. The number of piperidine rings is 1. The zero-order valence-electron chi connectivity index (χ0n) is 13.8. The van der Waals surface area contributed by atoms with Gasteiger partial charge in [0.15, 0.2) is 12.4 Å². The van der Waals surface area contributed by atoms with E-state index in [0.29, 0.717) is 11.5 Å². The van der Waals surface area contributed by atoms with Gasteiger partial charge in [-0.2, -0.15) is 23.3 Å². The second-order valence-corrected chi connectivity index (χ2v) is 6.50. The topological polar surface area (TPSA) is 68.5 Å². The molecule has 0 radical (unpaired) electrons. The zero-order valence-corrected chi connectivity index (χ0v) is 13.8. The third kappa shape index (κ3) is 3.18. The summed E-state index contributed by atoms with van der Waals surface area (Å²) in [5, 5.41) is 7.78. The first-order valence-electron chi connectivity index (χ1n) is 8.44. The summed E-state index contributed by atoms with van der Waals surface area (Å²) in [4.78, 5) is 16.2. The number of halogens is 3. The van der Waals surface area contributed by atoms with Gasteiger partial charge in [0.25, 0.3) is 5.56 Å². The van der Waals surface area contributed by atoms with Crippen LogP contribution in [0.4, 0.5) is 13.2 Å². The summed E-state index contributed by atoms with van der Waals surface area (Å²) in [5.74, 6) is -0.109. The van der Waals surface area contributed by atoms with Crippen molar-refractivity contribution in [2.24, 2.45) is 5.10 Å². The lowest BCUT2D eigenvalue weighted by molar-refractivity contribution is -0.165. The first-order chi connectivity index (χ1) is 12.4. The van der Waals surface area contributed by atoms with Crippen molar-refractivity contribution in [1.82, 2.24) is 15.0 Å². The normalized spacial score (nSPS) is 22.5. The summed E-state index contributed by atoms with van der Waals surface area (Å²) < 4.78 is 44.2. The molecule has 0 aromatic carbocycles. The number of alkyl halides is 3. The van der Waals surface area contributed by atoms with Crippen LogP contribution in [0.5, 0.6) is 0 Å². The number of hydrogen-bond donors (Lipinski definition) is 1. The van der Waals surface area contributed by atoms with Gasteiger partial charge in [-0.05, 0) is 38.1 Å². The fourth-order valence-corrected chi connectivity index (χ4v) is 3.56. The molecule has 138 valence electrons. The molecule has 1 unspecified atom stereocenters. The number of nitrogens with zero attached hydrogens (tertiary/aromatic N) is 3. The second kappa shape index (κ2) is 6.39. The SMILES string of the molecule is O=c1cc(C2CCNCC2)n2c(n1)C1C(OCC(F)(F)F)=CC=CC1=N2. The van der Waals surface area contributed by atoms with Gasteiger partial charge in [0.1, 0.15) is 11.7 Å². The number of nitrogens with one attached hydrogen (secondary N) is 1. The number of fused-ring (bicyclic) bond motifs is 3. The van der Waals surface area contributed by atoms with E-state index in [-0.39, 0.29) is 11.7 Å². The quantitative estimate of drug-likeness (QED) is 0.889. The molecule has 1 aliphatic carbocycles. The van der Waals surface area contributed by atoms with E-state index in [4.69, 9.17) is 4.74 Å². The molecule has 1 aromatic heterocycles. The molecular weight excluding hydrogens is 349 g/mol. The smallest absolute Gasteiger partial charge is 0.422 e. The minimum atomic E-state index is -4.44. The summed E-state index contributed by atoms with van der Waals surface area (Å²) in [6.45, 7) is 0.293. The molecule has 1 fully saturated rings. The fourth-order valence-electron chi connectivity index (χ4n) is 3.56. The van der Waals surface area contributed by atoms with Crippen LogP contribution in [0.2, 0.25) is 0 Å². The Morgan fingerprint density at radius 3 is 2.81 bits per heavy atom. The predicted molar refractivity (Wildman–Crippen MR) is 88.1 cm³/mol. The van der Waals surface area contributed by atoms with Crippen molar-refractivity contribution < 1.29 is 17.9 Å². The van der Waals surface area contributed by atoms with Gasteiger partial charge in [0.05, 0.1) is 11.4 Å². The predicted octanol–water partition coefficient (Wildman–Crippen LogP) is 2.04. The molecular formula is C17H17F3N4O2. The van der Waals surface area contributed by atoms with Crippen LogP contribution in [0.15, 0.2) is 39.9 Å². The number of hydrogen-bond acceptors (Lipinski definition) is 5. The van der Waals surface area contributed by atoms with Gasteiger partial charge in [-0.25, -0.2) is 4.68 Å². The average molecular weight is 366 g/mol. The maximum Gasteiger partial charge on any atom is 0.422 e. The standard InChI is InChI=1S/C17H17F3N4O2/c18-17(19,20)9-26-13-3-1-2-11-15(13)16-22-14(25)8-12(24(16)23-11)10-4-6-21-7-5-10/h1-3,8,10,15,21H,4-7,9H2. The fraction of sp³-hybridized carbons (Fsp3) is 0.471. The molecule has 6 nitrogen and oxygen atoms in total. The maximum absolute atomic E-state index is 12.5. The van der Waals surface area contributed by atoms with Crippen LogP contribution >= 0.6 is 0 Å². The van der Waals surface area contributed by atoms with Crippen LogP contribution in [0, 0.1) is 0 Å². The minimum Gasteiger partial charge on any atom is -0.487 e. The molecule has 9 heteroatoms. The van der Waals surface area contributed by atoms with Gasteiger partial charge < -0.3 is 10.1 Å². The van der Waals surface area contributed by atoms with Crippen LogP contribution in [0.1, 0.15) is 36.2 Å². The number of aromatic nitrogens is 2. The van der Waals surface area contributed by atoms with Crippen molar-refractivity contribution in [2.75, 3.05) is 19.7 Å². The lowest BCUT2D eigenvalue weighted by Crippen LogP contribution is -2.30. The molecule has 3 aliphatic rings. The van der Waals surface area contributed by atoms with Crippen molar-refractivity contribution in [1.29, 1.82) is 0 Å². The van der Waals surface area contributed by atoms with Crippen molar-refractivity contribution in [3.63, 3.8) is 0 Å². The zero-order chi connectivity index (χ0) is 18.3. The molecule has 3 heterocycles. The van der Waals surface area contributed by atoms with Crippen molar-refractivity contribution in [3.8, 4) is 0 Å². The van der Waals surface area contributed by atoms with Crippen molar-refractivity contribution in [3.05, 3.63) is 51.9 Å². The number of ether oxygens (including phenoxy) is 1. The van der Waals surface area contributed by atoms with E-state index < -0.39 is 24.3 Å². The molecule has 1 N–H and O–H groups in total. The highest BCUT2D eigenvalue weighted by Gasteiger charge is 2.38. The maximum atomic E-state index is 12.5. The Labute approximate surface area is 147 Å². The summed E-state index contributed by atoms with van der Waals surface area (Å²) in [6, 6.07) is 1.48. The Kier molecular flexibility index (Phi) is 4.18. The van der Waals surface area contributed by atoms with Crippen LogP contribution < -0.4 is 10.9 Å². The van der Waals surface area contributed by atoms with Crippen molar-refractivity contribution >= 4 is 5.71 Å². The highest BCUT2D eigenvalue weighted by atomic mass is 19.4. The van der Waals surface area contributed by atoms with E-state index in [1.54, 1.807) is 16.8 Å². The first kappa shape index (κ1) is 17.0. The van der Waals surface area contributed by atoms with Crippen molar-refractivity contribution in [2.45, 2.75) is 30.9 Å². The molecule has 1 aromatic rings. The Morgan fingerprint density at radius 2 is 2.08 bits per heavy atom. The average Bonchev–Trinajstić information content (AvgIpc) is 2.98. The van der Waals surface area contributed by atoms with E-state index >= 15 is 0 Å². The molecule has 1 saturated heterocycles. The first-order valence-corrected chi connectivity index (χ1v) is 8.44. The monoisotopic (exact) mass is 366 g/mol. The van der Waals surface area contributed by atoms with E-state index in [1.807, 2.05) is 0 Å². The molecule has 0 amide bonds. The van der Waals surface area contributed by atoms with Gasteiger partial charge in [-0.3, -0.25) is 4.79 Å². The number of allylic oxidation sites excluding steroid dienone is 4. The third-order valence-corrected chi connectivity index (χ3v) is 4.70. The molecule has 1 atom stereocenters. The molecule has 2 aliphatic heterocycles. The molecule has 0 saturated carbocycles. The Hall–Kier alpha value is -2.42. The largest absolute Gasteiger partial charge is 0.487 e. The van der Waals surface area contributed by atoms with Crippen LogP contribution in [-0.4, -0.2) is 41.2 Å². The highest BCUT2D eigenvalue weighted by molar-refractivity contribution is 6.04. The Balaban J connectivity index is 1.71. The lowest BCUT2D eigenvalue weighted by Gasteiger charge is -2.24. The van der Waals surface area contributed by atoms with E-state index in [1.165, 1.54) is 12.1 Å². The molecule has 26 heavy (non-hydrogen) atoms. The van der Waals surface area contributed by atoms with Gasteiger partial charge in [0, 0.05) is 12.0 Å². The van der Waals surface area contributed by atoms with E-state index in [2.05, 4.69) is 15.4 Å². The molecule has 4 rings (SSSR count). The summed E-state index contributed by atoms with van der Waals surface area (Å²) in [5.41, 5.74) is 0.871. The summed E-state index contributed by atoms with van der Waals surface area (Å²) in [6.07, 6.45) is 2.05. The van der Waals surface area contributed by atoms with E-state index in [0.717, 1.165) is 31.6 Å². The third-order valence-electron chi connectivity index (χ3n) is 4.70. The Morgan fingerprint density at radius 1 is 1.31 bits per heavy atom. The van der Waals surface area contributed by atoms with Crippen LogP contribution in [0.25, 0.3) is 0 Å². The lowest BCUT2D eigenvalue weighted by atomic mass is 9.93. The molecule has 0 spiro atoms. The van der Waals surface area contributed by atoms with E-state index in [9.17, 15) is 18.0 Å². The van der Waals surface area contributed by atoms with Gasteiger partial charge in [-0.1, -0.05) is 6.08 Å². The summed E-state index contributed by atoms with van der Waals surface area (Å²) in [7, 11) is 0. The second-order valence-electron chi connectivity index (χ2n) is 6.50. The number of rotatable bonds is 3. The minimum absolute atomic E-state index is 0.101.